The van der Waals surface area contributed by atoms with Crippen molar-refractivity contribution in [1.29, 1.82) is 0 Å². The lowest BCUT2D eigenvalue weighted by Crippen LogP contribution is -2.32. The Morgan fingerprint density at radius 1 is 1.50 bits per heavy atom. The number of nitrogens with zero attached hydrogens (tertiary/aromatic N) is 2. The number of aliphatic imine (C=N–C) groups is 1. The van der Waals surface area contributed by atoms with Crippen molar-refractivity contribution in [2.45, 2.75) is 26.3 Å². The molecule has 0 bridgehead atoms. The number of hydrogen-bond acceptors (Lipinski definition) is 2. The molecule has 2 nitrogen and oxygen atoms in total. The summed E-state index contributed by atoms with van der Waals surface area (Å²) in [5.74, 6) is 0. The molecular weight excluding hydrogens is 220 g/mol. The van der Waals surface area contributed by atoms with Crippen molar-refractivity contribution in [2.75, 3.05) is 7.05 Å². The van der Waals surface area contributed by atoms with Gasteiger partial charge in [-0.1, -0.05) is 38.3 Å². The fourth-order valence-corrected chi connectivity index (χ4v) is 1.96. The van der Waals surface area contributed by atoms with E-state index in [0.29, 0.717) is 0 Å². The molecule has 0 aromatic carbocycles. The highest BCUT2D eigenvalue weighted by molar-refractivity contribution is 5.71. The van der Waals surface area contributed by atoms with Gasteiger partial charge in [-0.05, 0) is 36.8 Å². The first-order valence-corrected chi connectivity index (χ1v) is 6.23. The van der Waals surface area contributed by atoms with Gasteiger partial charge in [0.05, 0.1) is 11.7 Å². The van der Waals surface area contributed by atoms with E-state index in [1.807, 2.05) is 12.2 Å². The average Bonchev–Trinajstić information content (AvgIpc) is 2.39. The van der Waals surface area contributed by atoms with Crippen LogP contribution in [0.4, 0.5) is 0 Å². The number of likely N-dealkylation sites (N-methyl/N-ethyl adjacent to an activating group) is 1. The molecule has 0 aliphatic carbocycles. The van der Waals surface area contributed by atoms with E-state index in [4.69, 9.17) is 0 Å². The minimum atomic E-state index is 0.142. The zero-order valence-corrected chi connectivity index (χ0v) is 11.6. The first-order chi connectivity index (χ1) is 8.65. The summed E-state index contributed by atoms with van der Waals surface area (Å²) in [6.45, 7) is 11.9. The minimum Gasteiger partial charge on any atom is -0.368 e. The van der Waals surface area contributed by atoms with Crippen molar-refractivity contribution >= 4 is 6.21 Å². The summed E-state index contributed by atoms with van der Waals surface area (Å²) >= 11 is 0. The molecule has 2 heteroatoms. The lowest BCUT2D eigenvalue weighted by atomic mass is 9.96. The normalized spacial score (nSPS) is 20.7. The van der Waals surface area contributed by atoms with E-state index in [9.17, 15) is 0 Å². The Kier molecular flexibility index (Phi) is 5.37. The van der Waals surface area contributed by atoms with E-state index in [0.717, 1.165) is 12.1 Å². The van der Waals surface area contributed by atoms with Crippen molar-refractivity contribution in [3.8, 4) is 0 Å². The molecule has 1 aliphatic heterocycles. The van der Waals surface area contributed by atoms with Gasteiger partial charge in [0.15, 0.2) is 0 Å². The fraction of sp³-hybridized carbons (Fsp3) is 0.312. The van der Waals surface area contributed by atoms with E-state index < -0.39 is 0 Å². The third-order valence-corrected chi connectivity index (χ3v) is 3.11. The van der Waals surface area contributed by atoms with Gasteiger partial charge in [0.2, 0.25) is 0 Å². The largest absolute Gasteiger partial charge is 0.368 e. The molecule has 1 rings (SSSR count). The van der Waals surface area contributed by atoms with Crippen molar-refractivity contribution in [2.24, 2.45) is 4.99 Å². The Labute approximate surface area is 110 Å². The first kappa shape index (κ1) is 14.2. The summed E-state index contributed by atoms with van der Waals surface area (Å²) in [4.78, 5) is 6.72. The standard InChI is InChI=1S/C16H22N2/c1-6-11-17-15(13(4)7-2)16-14(8-3)10-9-12-18(16)5/h6,8-12,16H,1,3,7H2,2,4-5H3/b15-13+,17-11-. The molecule has 18 heavy (non-hydrogen) atoms. The maximum Gasteiger partial charge on any atom is 0.0957 e. The topological polar surface area (TPSA) is 15.6 Å². The molecule has 1 aliphatic rings. The Balaban J connectivity index is 3.24. The number of allylic oxidation sites excluding steroid dienone is 4. The van der Waals surface area contributed by atoms with Crippen LogP contribution in [0.5, 0.6) is 0 Å². The van der Waals surface area contributed by atoms with Crippen molar-refractivity contribution in [1.82, 2.24) is 4.90 Å². The highest BCUT2D eigenvalue weighted by Gasteiger charge is 2.23. The van der Waals surface area contributed by atoms with Crippen LogP contribution in [-0.2, 0) is 0 Å². The van der Waals surface area contributed by atoms with Crippen molar-refractivity contribution in [3.05, 3.63) is 60.5 Å². The predicted molar refractivity (Wildman–Crippen MR) is 80.7 cm³/mol. The molecule has 1 atom stereocenters. The van der Waals surface area contributed by atoms with Gasteiger partial charge in [-0.2, -0.15) is 0 Å². The third-order valence-electron chi connectivity index (χ3n) is 3.11. The molecule has 0 aromatic rings. The van der Waals surface area contributed by atoms with E-state index in [-0.39, 0.29) is 6.04 Å². The second-order valence-electron chi connectivity index (χ2n) is 4.31. The predicted octanol–water partition coefficient (Wildman–Crippen LogP) is 3.87. The molecule has 0 radical (unpaired) electrons. The van der Waals surface area contributed by atoms with Crippen LogP contribution in [0.25, 0.3) is 0 Å². The average molecular weight is 242 g/mol. The van der Waals surface area contributed by atoms with Crippen LogP contribution >= 0.6 is 0 Å². The maximum atomic E-state index is 4.56. The van der Waals surface area contributed by atoms with Gasteiger partial charge < -0.3 is 4.90 Å². The van der Waals surface area contributed by atoms with Crippen LogP contribution in [-0.4, -0.2) is 24.2 Å². The SMILES string of the molecule is C=C/C=N\C(=C(/C)CC)C1C(C=C)=CC=CN1C. The molecule has 0 fully saturated rings. The van der Waals surface area contributed by atoms with Crippen LogP contribution in [0.1, 0.15) is 20.3 Å². The van der Waals surface area contributed by atoms with Gasteiger partial charge in [-0.15, -0.1) is 0 Å². The van der Waals surface area contributed by atoms with Gasteiger partial charge in [0, 0.05) is 13.3 Å². The van der Waals surface area contributed by atoms with Crippen LogP contribution in [0, 0.1) is 0 Å². The molecule has 0 saturated carbocycles. The van der Waals surface area contributed by atoms with E-state index >= 15 is 0 Å². The first-order valence-electron chi connectivity index (χ1n) is 6.23. The van der Waals surface area contributed by atoms with E-state index in [2.05, 4.69) is 56.2 Å². The molecule has 0 aromatic heterocycles. The Morgan fingerprint density at radius 2 is 2.22 bits per heavy atom. The second kappa shape index (κ2) is 6.80. The van der Waals surface area contributed by atoms with Crippen LogP contribution < -0.4 is 0 Å². The summed E-state index contributed by atoms with van der Waals surface area (Å²) in [5.41, 5.74) is 3.53. The Bertz CT molecular complexity index is 436. The fourth-order valence-electron chi connectivity index (χ4n) is 1.96. The number of hydrogen-bond donors (Lipinski definition) is 0. The quantitative estimate of drug-likeness (QED) is 0.668. The number of rotatable bonds is 5. The summed E-state index contributed by atoms with van der Waals surface area (Å²) in [6.07, 6.45) is 12.5. The van der Waals surface area contributed by atoms with Crippen molar-refractivity contribution < 1.29 is 0 Å². The van der Waals surface area contributed by atoms with Crippen LogP contribution in [0.15, 0.2) is 65.5 Å². The lowest BCUT2D eigenvalue weighted by molar-refractivity contribution is 0.403. The smallest absolute Gasteiger partial charge is 0.0957 e. The van der Waals surface area contributed by atoms with Crippen molar-refractivity contribution in [3.63, 3.8) is 0 Å². The van der Waals surface area contributed by atoms with Gasteiger partial charge in [0.25, 0.3) is 0 Å². The molecule has 0 N–H and O–H groups in total. The molecule has 96 valence electrons. The van der Waals surface area contributed by atoms with E-state index in [1.165, 1.54) is 11.1 Å². The molecule has 1 heterocycles. The monoisotopic (exact) mass is 242 g/mol. The van der Waals surface area contributed by atoms with Gasteiger partial charge in [-0.3, -0.25) is 4.99 Å². The summed E-state index contributed by atoms with van der Waals surface area (Å²) in [6, 6.07) is 0.142. The van der Waals surface area contributed by atoms with Gasteiger partial charge >= 0.3 is 0 Å². The molecule has 0 amide bonds. The Morgan fingerprint density at radius 3 is 2.78 bits per heavy atom. The second-order valence-corrected chi connectivity index (χ2v) is 4.31. The lowest BCUT2D eigenvalue weighted by Gasteiger charge is -2.31. The summed E-state index contributed by atoms with van der Waals surface area (Å²) in [5, 5.41) is 0. The maximum absolute atomic E-state index is 4.56. The molecule has 0 spiro atoms. The summed E-state index contributed by atoms with van der Waals surface area (Å²) < 4.78 is 0. The van der Waals surface area contributed by atoms with Crippen LogP contribution in [0.2, 0.25) is 0 Å². The highest BCUT2D eigenvalue weighted by Crippen LogP contribution is 2.26. The summed E-state index contributed by atoms with van der Waals surface area (Å²) in [7, 11) is 2.06. The van der Waals surface area contributed by atoms with Crippen LogP contribution in [0.3, 0.4) is 0 Å². The van der Waals surface area contributed by atoms with E-state index in [1.54, 1.807) is 12.3 Å². The zero-order chi connectivity index (χ0) is 13.5. The third kappa shape index (κ3) is 3.10. The highest BCUT2D eigenvalue weighted by atomic mass is 15.1. The molecule has 1 unspecified atom stereocenters. The van der Waals surface area contributed by atoms with Gasteiger partial charge in [-0.25, -0.2) is 0 Å². The Hall–Kier alpha value is -1.83. The zero-order valence-electron chi connectivity index (χ0n) is 11.6. The molecular formula is C16H22N2. The van der Waals surface area contributed by atoms with Gasteiger partial charge in [0.1, 0.15) is 0 Å². The minimum absolute atomic E-state index is 0.142. The molecule has 0 saturated heterocycles.